The molecule has 0 aromatic rings. The Labute approximate surface area is 178 Å². The van der Waals surface area contributed by atoms with Crippen molar-refractivity contribution in [3.8, 4) is 0 Å². The smallest absolute Gasteiger partial charge is 0.307 e. The number of carbonyl (C=O) groups excluding carboxylic acids is 3. The molecule has 4 rings (SSSR count). The van der Waals surface area contributed by atoms with Gasteiger partial charge in [0, 0.05) is 25.7 Å². The number of rotatable bonds is 3. The van der Waals surface area contributed by atoms with Crippen LogP contribution < -0.4 is 0 Å². The largest absolute Gasteiger partial charge is 0.446 e. The van der Waals surface area contributed by atoms with E-state index >= 15 is 0 Å². The summed E-state index contributed by atoms with van der Waals surface area (Å²) in [6.07, 6.45) is 9.63. The van der Waals surface area contributed by atoms with Crippen molar-refractivity contribution in [1.29, 1.82) is 0 Å². The average Bonchev–Trinajstić information content (AvgIpc) is 2.88. The Morgan fingerprint density at radius 2 is 1.83 bits per heavy atom. The van der Waals surface area contributed by atoms with E-state index in [1.54, 1.807) is 0 Å². The Kier molecular flexibility index (Phi) is 5.06. The lowest BCUT2D eigenvalue weighted by Gasteiger charge is -2.54. The van der Waals surface area contributed by atoms with Crippen molar-refractivity contribution in [1.82, 2.24) is 0 Å². The summed E-state index contributed by atoms with van der Waals surface area (Å²) in [7, 11) is 0. The molecular weight excluding hydrogens is 380 g/mol. The Bertz CT molecular complexity index is 880. The van der Waals surface area contributed by atoms with E-state index in [2.05, 4.69) is 25.7 Å². The molecule has 2 saturated carbocycles. The van der Waals surface area contributed by atoms with Crippen LogP contribution in [0.5, 0.6) is 0 Å². The molecule has 0 saturated heterocycles. The topological polar surface area (TPSA) is 69.7 Å². The summed E-state index contributed by atoms with van der Waals surface area (Å²) in [6.45, 7) is 10.7. The minimum atomic E-state index is -1.20. The first-order valence-electron chi connectivity index (χ1n) is 11.1. The van der Waals surface area contributed by atoms with Gasteiger partial charge in [0.25, 0.3) is 0 Å². The van der Waals surface area contributed by atoms with E-state index in [1.165, 1.54) is 26.3 Å². The van der Waals surface area contributed by atoms with E-state index in [-0.39, 0.29) is 17.7 Å². The zero-order chi connectivity index (χ0) is 21.8. The number of Topliss-reactive ketones (excluding diaryl/α,β-unsaturated/α-hetero) is 1. The maximum Gasteiger partial charge on any atom is 0.307 e. The molecule has 4 aliphatic carbocycles. The van der Waals surface area contributed by atoms with Crippen molar-refractivity contribution in [2.75, 3.05) is 0 Å². The average molecular weight is 413 g/mol. The number of fused-ring (bicyclic) bond motifs is 5. The SMILES string of the molecule is C=C1C[C@H]2[C@@H]3CC=C4C=C(OC(C)=O)CC[C@@H]4[C@H]3CC[C@]2(C)[C@@]1(OC(C)=O)C(C)=O. The number of ketones is 1. The van der Waals surface area contributed by atoms with E-state index in [0.717, 1.165) is 49.9 Å². The van der Waals surface area contributed by atoms with Gasteiger partial charge in [0.1, 0.15) is 5.76 Å². The van der Waals surface area contributed by atoms with Gasteiger partial charge < -0.3 is 9.47 Å². The van der Waals surface area contributed by atoms with Crippen LogP contribution in [-0.2, 0) is 23.9 Å². The molecule has 5 heteroatoms. The molecule has 6 atom stereocenters. The van der Waals surface area contributed by atoms with Crippen LogP contribution in [0.25, 0.3) is 0 Å². The zero-order valence-corrected chi connectivity index (χ0v) is 18.5. The Hall–Kier alpha value is -2.17. The number of allylic oxidation sites excluding steroid dienone is 4. The van der Waals surface area contributed by atoms with Crippen molar-refractivity contribution >= 4 is 17.7 Å². The minimum Gasteiger partial charge on any atom is -0.446 e. The molecule has 0 aromatic carbocycles. The number of ether oxygens (including phenoxy) is 2. The number of esters is 2. The molecule has 4 aliphatic rings. The first kappa shape index (κ1) is 21.1. The van der Waals surface area contributed by atoms with Gasteiger partial charge in [-0.1, -0.05) is 19.6 Å². The van der Waals surface area contributed by atoms with Gasteiger partial charge in [0.05, 0.1) is 0 Å². The molecule has 0 aliphatic heterocycles. The van der Waals surface area contributed by atoms with Crippen LogP contribution in [0.2, 0.25) is 0 Å². The maximum absolute atomic E-state index is 12.9. The summed E-state index contributed by atoms with van der Waals surface area (Å²) in [5, 5.41) is 0. The monoisotopic (exact) mass is 412 g/mol. The zero-order valence-electron chi connectivity index (χ0n) is 18.5. The molecule has 0 bridgehead atoms. The van der Waals surface area contributed by atoms with Crippen LogP contribution in [-0.4, -0.2) is 23.3 Å². The molecule has 0 aromatic heterocycles. The van der Waals surface area contributed by atoms with Crippen LogP contribution in [0.1, 0.15) is 66.2 Å². The molecule has 162 valence electrons. The Balaban J connectivity index is 1.67. The second kappa shape index (κ2) is 7.21. The van der Waals surface area contributed by atoms with Crippen molar-refractivity contribution in [2.45, 2.75) is 71.8 Å². The van der Waals surface area contributed by atoms with E-state index in [1.807, 2.05) is 0 Å². The first-order valence-corrected chi connectivity index (χ1v) is 11.1. The van der Waals surface area contributed by atoms with Gasteiger partial charge in [0.2, 0.25) is 0 Å². The fourth-order valence-corrected chi connectivity index (χ4v) is 7.27. The number of hydrogen-bond acceptors (Lipinski definition) is 5. The quantitative estimate of drug-likeness (QED) is 0.497. The molecule has 30 heavy (non-hydrogen) atoms. The minimum absolute atomic E-state index is 0.107. The molecule has 5 nitrogen and oxygen atoms in total. The Morgan fingerprint density at radius 1 is 1.10 bits per heavy atom. The maximum atomic E-state index is 12.9. The van der Waals surface area contributed by atoms with Gasteiger partial charge in [-0.15, -0.1) is 0 Å². The van der Waals surface area contributed by atoms with Gasteiger partial charge in [-0.05, 0) is 79.9 Å². The number of carbonyl (C=O) groups is 3. The van der Waals surface area contributed by atoms with Gasteiger partial charge in [0.15, 0.2) is 11.4 Å². The molecule has 0 heterocycles. The second-order valence-corrected chi connectivity index (χ2v) is 9.82. The van der Waals surface area contributed by atoms with E-state index in [4.69, 9.17) is 9.47 Å². The van der Waals surface area contributed by atoms with E-state index < -0.39 is 17.0 Å². The number of hydrogen-bond donors (Lipinski definition) is 0. The molecule has 0 radical (unpaired) electrons. The normalized spacial score (nSPS) is 39.7. The molecule has 0 amide bonds. The molecule has 0 spiro atoms. The van der Waals surface area contributed by atoms with Crippen molar-refractivity contribution < 1.29 is 23.9 Å². The fraction of sp³-hybridized carbons (Fsp3) is 0.640. The Morgan fingerprint density at radius 3 is 2.47 bits per heavy atom. The lowest BCUT2D eigenvalue weighted by atomic mass is 9.51. The van der Waals surface area contributed by atoms with Gasteiger partial charge in [-0.25, -0.2) is 0 Å². The third-order valence-electron chi connectivity index (χ3n) is 8.32. The third kappa shape index (κ3) is 2.92. The van der Waals surface area contributed by atoms with Crippen LogP contribution >= 0.6 is 0 Å². The van der Waals surface area contributed by atoms with E-state index in [0.29, 0.717) is 17.8 Å². The van der Waals surface area contributed by atoms with Crippen LogP contribution in [0.15, 0.2) is 35.6 Å². The van der Waals surface area contributed by atoms with E-state index in [9.17, 15) is 14.4 Å². The summed E-state index contributed by atoms with van der Waals surface area (Å²) in [6, 6.07) is 0. The summed E-state index contributed by atoms with van der Waals surface area (Å²) < 4.78 is 11.2. The van der Waals surface area contributed by atoms with Crippen LogP contribution in [0.4, 0.5) is 0 Å². The molecule has 0 unspecified atom stereocenters. The predicted molar refractivity (Wildman–Crippen MR) is 112 cm³/mol. The van der Waals surface area contributed by atoms with Crippen LogP contribution in [0.3, 0.4) is 0 Å². The summed E-state index contributed by atoms with van der Waals surface area (Å²) in [4.78, 5) is 36.2. The summed E-state index contributed by atoms with van der Waals surface area (Å²) in [5.41, 5.74) is 0.431. The highest BCUT2D eigenvalue weighted by molar-refractivity contribution is 5.92. The van der Waals surface area contributed by atoms with Crippen molar-refractivity contribution in [3.05, 3.63) is 35.6 Å². The summed E-state index contributed by atoms with van der Waals surface area (Å²) >= 11 is 0. The fourth-order valence-electron chi connectivity index (χ4n) is 7.27. The first-order chi connectivity index (χ1) is 14.1. The van der Waals surface area contributed by atoms with Gasteiger partial charge in [-0.2, -0.15) is 0 Å². The molecule has 0 N–H and O–H groups in total. The lowest BCUT2D eigenvalue weighted by molar-refractivity contribution is -0.179. The third-order valence-corrected chi connectivity index (χ3v) is 8.32. The van der Waals surface area contributed by atoms with Crippen molar-refractivity contribution in [3.63, 3.8) is 0 Å². The van der Waals surface area contributed by atoms with Gasteiger partial charge >= 0.3 is 11.9 Å². The molecule has 2 fully saturated rings. The van der Waals surface area contributed by atoms with Crippen LogP contribution in [0, 0.1) is 29.1 Å². The highest BCUT2D eigenvalue weighted by Crippen LogP contribution is 2.66. The second-order valence-electron chi connectivity index (χ2n) is 9.82. The predicted octanol–water partition coefficient (Wildman–Crippen LogP) is 4.67. The molecular formula is C25H32O5. The summed E-state index contributed by atoms with van der Waals surface area (Å²) in [5.74, 6) is 1.68. The highest BCUT2D eigenvalue weighted by atomic mass is 16.6. The standard InChI is InChI=1S/C25H32O5/c1-14-12-23-22-8-6-18-13-19(29-16(3)27)7-9-20(18)21(22)10-11-24(23,5)25(14,15(2)26)30-17(4)28/h6,13,20-23H,1,7-12H2,2-5H3/t20-,21+,22+,23-,24-,25-/m0/s1. The van der Waals surface area contributed by atoms with Gasteiger partial charge in [-0.3, -0.25) is 14.4 Å². The lowest BCUT2D eigenvalue weighted by Crippen LogP contribution is -2.57. The highest BCUT2D eigenvalue weighted by Gasteiger charge is 2.68. The van der Waals surface area contributed by atoms with Crippen molar-refractivity contribution in [2.24, 2.45) is 29.1 Å².